The number of nitrogens with zero attached hydrogens (tertiary/aromatic N) is 2. The number of hydrogen-bond donors (Lipinski definition) is 2. The third kappa shape index (κ3) is 4.05. The van der Waals surface area contributed by atoms with Gasteiger partial charge in [0.1, 0.15) is 5.69 Å². The molecule has 3 rings (SSSR count). The summed E-state index contributed by atoms with van der Waals surface area (Å²) in [4.78, 5) is 30.2. The first-order chi connectivity index (χ1) is 12.1. The van der Waals surface area contributed by atoms with Crippen LogP contribution in [0.5, 0.6) is 0 Å². The van der Waals surface area contributed by atoms with Crippen LogP contribution in [0, 0.1) is 0 Å². The van der Waals surface area contributed by atoms with E-state index in [1.165, 1.54) is 23.8 Å². The Kier molecular flexibility index (Phi) is 5.45. The van der Waals surface area contributed by atoms with Crippen LogP contribution >= 0.6 is 11.3 Å². The molecule has 2 amide bonds. The Balaban J connectivity index is 1.80. The Morgan fingerprint density at radius 2 is 2.12 bits per heavy atom. The van der Waals surface area contributed by atoms with Crippen molar-refractivity contribution in [1.82, 2.24) is 15.2 Å². The standard InChI is InChI=1S/C18H22N4O2S/c1-3-13-4-6-14(7-5-13)16-10-19-8-9-22(16)17(24)15-11-25-18(21-15)20-12(2)23/h4-7,11,16,19H,3,8-10H2,1-2H3,(H,20,21,23). The molecule has 132 valence electrons. The van der Waals surface area contributed by atoms with Crippen molar-refractivity contribution in [3.63, 3.8) is 0 Å². The summed E-state index contributed by atoms with van der Waals surface area (Å²) in [7, 11) is 0. The first kappa shape index (κ1) is 17.6. The molecule has 1 unspecified atom stereocenters. The van der Waals surface area contributed by atoms with Crippen molar-refractivity contribution in [2.24, 2.45) is 0 Å². The van der Waals surface area contributed by atoms with Gasteiger partial charge in [-0.05, 0) is 17.5 Å². The van der Waals surface area contributed by atoms with Crippen molar-refractivity contribution in [2.45, 2.75) is 26.3 Å². The number of amides is 2. The number of carbonyl (C=O) groups is 2. The Hall–Kier alpha value is -2.25. The second-order valence-corrected chi connectivity index (χ2v) is 6.89. The Labute approximate surface area is 151 Å². The van der Waals surface area contributed by atoms with Crippen LogP contribution in [0.25, 0.3) is 0 Å². The summed E-state index contributed by atoms with van der Waals surface area (Å²) in [5.74, 6) is -0.289. The van der Waals surface area contributed by atoms with Gasteiger partial charge >= 0.3 is 0 Å². The summed E-state index contributed by atoms with van der Waals surface area (Å²) in [6, 6.07) is 8.41. The first-order valence-corrected chi connectivity index (χ1v) is 9.30. The maximum atomic E-state index is 12.9. The molecule has 6 nitrogen and oxygen atoms in total. The Morgan fingerprint density at radius 1 is 1.36 bits per heavy atom. The summed E-state index contributed by atoms with van der Waals surface area (Å²) in [6.07, 6.45) is 0.997. The largest absolute Gasteiger partial charge is 0.328 e. The third-order valence-corrected chi connectivity index (χ3v) is 5.04. The van der Waals surface area contributed by atoms with Crippen molar-refractivity contribution in [3.8, 4) is 0 Å². The van der Waals surface area contributed by atoms with E-state index in [0.29, 0.717) is 17.4 Å². The highest BCUT2D eigenvalue weighted by atomic mass is 32.1. The van der Waals surface area contributed by atoms with E-state index in [1.807, 2.05) is 4.90 Å². The molecule has 0 saturated carbocycles. The minimum atomic E-state index is -0.190. The molecule has 0 spiro atoms. The summed E-state index contributed by atoms with van der Waals surface area (Å²) >= 11 is 1.27. The summed E-state index contributed by atoms with van der Waals surface area (Å²) < 4.78 is 0. The van der Waals surface area contributed by atoms with Gasteiger partial charge < -0.3 is 15.5 Å². The number of rotatable bonds is 4. The van der Waals surface area contributed by atoms with E-state index in [-0.39, 0.29) is 17.9 Å². The number of hydrogen-bond acceptors (Lipinski definition) is 5. The number of benzene rings is 1. The molecule has 1 aromatic heterocycles. The van der Waals surface area contributed by atoms with Crippen molar-refractivity contribution in [1.29, 1.82) is 0 Å². The topological polar surface area (TPSA) is 74.3 Å². The van der Waals surface area contributed by atoms with Gasteiger partial charge in [-0.3, -0.25) is 9.59 Å². The van der Waals surface area contributed by atoms with Crippen LogP contribution in [0.4, 0.5) is 5.13 Å². The molecular weight excluding hydrogens is 336 g/mol. The molecule has 1 aliphatic rings. The number of anilines is 1. The Bertz CT molecular complexity index is 757. The van der Waals surface area contributed by atoms with E-state index >= 15 is 0 Å². The van der Waals surface area contributed by atoms with E-state index in [4.69, 9.17) is 0 Å². The number of piperazine rings is 1. The molecule has 2 heterocycles. The highest BCUT2D eigenvalue weighted by Gasteiger charge is 2.29. The molecule has 0 aliphatic carbocycles. The van der Waals surface area contributed by atoms with Gasteiger partial charge in [0.25, 0.3) is 5.91 Å². The van der Waals surface area contributed by atoms with Crippen LogP contribution in [0.15, 0.2) is 29.6 Å². The molecular formula is C18H22N4O2S. The average molecular weight is 358 g/mol. The SMILES string of the molecule is CCc1ccc(C2CNCCN2C(=O)c2csc(NC(C)=O)n2)cc1. The fraction of sp³-hybridized carbons (Fsp3) is 0.389. The van der Waals surface area contributed by atoms with E-state index in [0.717, 1.165) is 25.1 Å². The molecule has 7 heteroatoms. The molecule has 2 N–H and O–H groups in total. The predicted octanol–water partition coefficient (Wildman–Crippen LogP) is 2.45. The normalized spacial score (nSPS) is 17.4. The molecule has 1 aromatic carbocycles. The van der Waals surface area contributed by atoms with Crippen LogP contribution in [0.2, 0.25) is 0 Å². The predicted molar refractivity (Wildman–Crippen MR) is 98.9 cm³/mol. The molecule has 1 atom stereocenters. The van der Waals surface area contributed by atoms with Crippen molar-refractivity contribution < 1.29 is 9.59 Å². The maximum Gasteiger partial charge on any atom is 0.274 e. The van der Waals surface area contributed by atoms with E-state index in [2.05, 4.69) is 46.8 Å². The zero-order chi connectivity index (χ0) is 17.8. The lowest BCUT2D eigenvalue weighted by molar-refractivity contribution is -0.114. The highest BCUT2D eigenvalue weighted by molar-refractivity contribution is 7.14. The number of thiazole rings is 1. The fourth-order valence-corrected chi connectivity index (χ4v) is 3.68. The molecule has 1 aliphatic heterocycles. The monoisotopic (exact) mass is 358 g/mol. The lowest BCUT2D eigenvalue weighted by Gasteiger charge is -2.36. The quantitative estimate of drug-likeness (QED) is 0.880. The van der Waals surface area contributed by atoms with Gasteiger partial charge in [0.15, 0.2) is 5.13 Å². The van der Waals surface area contributed by atoms with Gasteiger partial charge in [0.2, 0.25) is 5.91 Å². The second kappa shape index (κ2) is 7.76. The van der Waals surface area contributed by atoms with Crippen LogP contribution < -0.4 is 10.6 Å². The number of carbonyl (C=O) groups excluding carboxylic acids is 2. The zero-order valence-electron chi connectivity index (χ0n) is 14.4. The van der Waals surface area contributed by atoms with Crippen LogP contribution in [0.1, 0.15) is 41.5 Å². The molecule has 0 bridgehead atoms. The number of aryl methyl sites for hydroxylation is 1. The summed E-state index contributed by atoms with van der Waals surface area (Å²) in [6.45, 7) is 5.67. The Morgan fingerprint density at radius 3 is 2.80 bits per heavy atom. The number of aromatic nitrogens is 1. The van der Waals surface area contributed by atoms with E-state index in [1.54, 1.807) is 5.38 Å². The summed E-state index contributed by atoms with van der Waals surface area (Å²) in [5.41, 5.74) is 2.78. The van der Waals surface area contributed by atoms with Crippen LogP contribution in [-0.4, -0.2) is 41.3 Å². The van der Waals surface area contributed by atoms with E-state index < -0.39 is 0 Å². The highest BCUT2D eigenvalue weighted by Crippen LogP contribution is 2.26. The molecule has 2 aromatic rings. The summed E-state index contributed by atoms with van der Waals surface area (Å²) in [5, 5.41) is 8.14. The van der Waals surface area contributed by atoms with E-state index in [9.17, 15) is 9.59 Å². The molecule has 1 saturated heterocycles. The molecule has 25 heavy (non-hydrogen) atoms. The van der Waals surface area contributed by atoms with Crippen molar-refractivity contribution in [2.75, 3.05) is 25.0 Å². The van der Waals surface area contributed by atoms with Gasteiger partial charge in [0, 0.05) is 31.9 Å². The maximum absolute atomic E-state index is 12.9. The third-order valence-electron chi connectivity index (χ3n) is 4.28. The fourth-order valence-electron chi connectivity index (χ4n) is 2.95. The second-order valence-electron chi connectivity index (χ2n) is 6.03. The minimum Gasteiger partial charge on any atom is -0.328 e. The number of nitrogens with one attached hydrogen (secondary N) is 2. The van der Waals surface area contributed by atoms with Crippen LogP contribution in [-0.2, 0) is 11.2 Å². The van der Waals surface area contributed by atoms with Gasteiger partial charge in [0.05, 0.1) is 6.04 Å². The average Bonchev–Trinajstić information content (AvgIpc) is 3.09. The smallest absolute Gasteiger partial charge is 0.274 e. The van der Waals surface area contributed by atoms with Gasteiger partial charge in [-0.2, -0.15) is 0 Å². The zero-order valence-corrected chi connectivity index (χ0v) is 15.2. The van der Waals surface area contributed by atoms with Gasteiger partial charge in [-0.25, -0.2) is 4.98 Å². The molecule has 1 fully saturated rings. The van der Waals surface area contributed by atoms with Crippen molar-refractivity contribution in [3.05, 3.63) is 46.5 Å². The molecule has 0 radical (unpaired) electrons. The van der Waals surface area contributed by atoms with Gasteiger partial charge in [-0.15, -0.1) is 11.3 Å². The lowest BCUT2D eigenvalue weighted by atomic mass is 10.0. The van der Waals surface area contributed by atoms with Crippen LogP contribution in [0.3, 0.4) is 0 Å². The first-order valence-electron chi connectivity index (χ1n) is 8.42. The van der Waals surface area contributed by atoms with Gasteiger partial charge in [-0.1, -0.05) is 31.2 Å². The van der Waals surface area contributed by atoms with Crippen molar-refractivity contribution >= 4 is 28.3 Å². The lowest BCUT2D eigenvalue weighted by Crippen LogP contribution is -2.48. The minimum absolute atomic E-state index is 0.0157.